The van der Waals surface area contributed by atoms with Crippen LogP contribution >= 0.6 is 0 Å². The summed E-state index contributed by atoms with van der Waals surface area (Å²) in [4.78, 5) is 6.59. The summed E-state index contributed by atoms with van der Waals surface area (Å²) in [6.45, 7) is 1.96. The van der Waals surface area contributed by atoms with Gasteiger partial charge in [-0.2, -0.15) is 5.26 Å². The number of pyridine rings is 1. The van der Waals surface area contributed by atoms with E-state index in [-0.39, 0.29) is 0 Å². The summed E-state index contributed by atoms with van der Waals surface area (Å²) in [5, 5.41) is 12.7. The van der Waals surface area contributed by atoms with E-state index in [0.29, 0.717) is 11.6 Å². The molecule has 0 aromatic carbocycles. The number of hydrogen-bond donors (Lipinski definition) is 1. The summed E-state index contributed by atoms with van der Waals surface area (Å²) in [6.07, 6.45) is 3.08. The minimum Gasteiger partial charge on any atom is -0.376 e. The summed E-state index contributed by atoms with van der Waals surface area (Å²) in [7, 11) is 3.97. The number of nitrogens with one attached hydrogen (secondary N) is 1. The van der Waals surface area contributed by atoms with Crippen molar-refractivity contribution in [1.29, 1.82) is 5.26 Å². The quantitative estimate of drug-likeness (QED) is 0.880. The number of anilines is 1. The number of nitrogens with zero attached hydrogens (tertiary/aromatic N) is 4. The van der Waals surface area contributed by atoms with Gasteiger partial charge in [-0.25, -0.2) is 4.98 Å². The maximum atomic E-state index is 9.34. The van der Waals surface area contributed by atoms with Crippen LogP contribution in [0.25, 0.3) is 5.52 Å². The zero-order chi connectivity index (χ0) is 13.4. The molecular formula is C14H17N5. The summed E-state index contributed by atoms with van der Waals surface area (Å²) < 4.78 is 2.07. The summed E-state index contributed by atoms with van der Waals surface area (Å²) >= 11 is 0. The van der Waals surface area contributed by atoms with Crippen LogP contribution < -0.4 is 10.2 Å². The van der Waals surface area contributed by atoms with E-state index in [1.165, 1.54) is 0 Å². The van der Waals surface area contributed by atoms with E-state index >= 15 is 0 Å². The highest BCUT2D eigenvalue weighted by atomic mass is 15.1. The van der Waals surface area contributed by atoms with Crippen LogP contribution in [0, 0.1) is 11.3 Å². The Morgan fingerprint density at radius 3 is 3.00 bits per heavy atom. The van der Waals surface area contributed by atoms with Crippen LogP contribution in [0.5, 0.6) is 0 Å². The SMILES string of the molecule is CN(C)c1cccn2c(C3CCNC3)nc(C#N)c12. The zero-order valence-electron chi connectivity index (χ0n) is 11.2. The van der Waals surface area contributed by atoms with Gasteiger partial charge in [-0.1, -0.05) is 0 Å². The van der Waals surface area contributed by atoms with Gasteiger partial charge in [-0.3, -0.25) is 0 Å². The van der Waals surface area contributed by atoms with E-state index in [9.17, 15) is 5.26 Å². The van der Waals surface area contributed by atoms with Crippen molar-refractivity contribution in [2.45, 2.75) is 12.3 Å². The smallest absolute Gasteiger partial charge is 0.168 e. The molecule has 1 aliphatic rings. The molecular weight excluding hydrogens is 238 g/mol. The molecule has 0 saturated carbocycles. The Labute approximate surface area is 112 Å². The third-order valence-electron chi connectivity index (χ3n) is 3.68. The predicted octanol–water partition coefficient (Wildman–Crippen LogP) is 1.35. The first-order valence-electron chi connectivity index (χ1n) is 6.51. The third-order valence-corrected chi connectivity index (χ3v) is 3.68. The molecule has 0 bridgehead atoms. The molecule has 2 aromatic heterocycles. The lowest BCUT2D eigenvalue weighted by molar-refractivity contribution is 0.698. The second-order valence-electron chi connectivity index (χ2n) is 5.13. The monoisotopic (exact) mass is 255 g/mol. The number of fused-ring (bicyclic) bond motifs is 1. The maximum absolute atomic E-state index is 9.34. The molecule has 1 atom stereocenters. The Morgan fingerprint density at radius 1 is 1.53 bits per heavy atom. The average molecular weight is 255 g/mol. The number of hydrogen-bond acceptors (Lipinski definition) is 4. The largest absolute Gasteiger partial charge is 0.376 e. The maximum Gasteiger partial charge on any atom is 0.168 e. The van der Waals surface area contributed by atoms with E-state index in [2.05, 4.69) is 20.8 Å². The Kier molecular flexibility index (Phi) is 2.88. The highest BCUT2D eigenvalue weighted by Gasteiger charge is 2.24. The van der Waals surface area contributed by atoms with Gasteiger partial charge < -0.3 is 14.6 Å². The van der Waals surface area contributed by atoms with Crippen LogP contribution in [0.1, 0.15) is 23.9 Å². The summed E-state index contributed by atoms with van der Waals surface area (Å²) in [5.41, 5.74) is 2.46. The first-order valence-corrected chi connectivity index (χ1v) is 6.51. The molecule has 1 saturated heterocycles. The lowest BCUT2D eigenvalue weighted by atomic mass is 10.1. The molecule has 0 radical (unpaired) electrons. The second-order valence-corrected chi connectivity index (χ2v) is 5.13. The molecule has 1 N–H and O–H groups in total. The van der Waals surface area contributed by atoms with Gasteiger partial charge in [-0.05, 0) is 25.1 Å². The van der Waals surface area contributed by atoms with E-state index < -0.39 is 0 Å². The molecule has 5 heteroatoms. The fourth-order valence-corrected chi connectivity index (χ4v) is 2.75. The predicted molar refractivity (Wildman–Crippen MR) is 74.5 cm³/mol. The van der Waals surface area contributed by atoms with Crippen LogP contribution in [0.3, 0.4) is 0 Å². The highest BCUT2D eigenvalue weighted by Crippen LogP contribution is 2.29. The van der Waals surface area contributed by atoms with Crippen molar-refractivity contribution in [1.82, 2.24) is 14.7 Å². The van der Waals surface area contributed by atoms with Crippen LogP contribution in [-0.2, 0) is 0 Å². The minimum atomic E-state index is 0.395. The Hall–Kier alpha value is -2.06. The molecule has 3 rings (SSSR count). The van der Waals surface area contributed by atoms with Crippen LogP contribution in [-0.4, -0.2) is 36.6 Å². The molecule has 2 aromatic rings. The van der Waals surface area contributed by atoms with Crippen molar-refractivity contribution in [3.63, 3.8) is 0 Å². The first kappa shape index (κ1) is 12.0. The van der Waals surface area contributed by atoms with Crippen molar-refractivity contribution in [3.05, 3.63) is 29.8 Å². The Bertz CT molecular complexity index is 644. The van der Waals surface area contributed by atoms with Gasteiger partial charge in [0.15, 0.2) is 5.69 Å². The molecule has 1 fully saturated rings. The fraction of sp³-hybridized carbons (Fsp3) is 0.429. The van der Waals surface area contributed by atoms with Crippen molar-refractivity contribution in [3.8, 4) is 6.07 Å². The van der Waals surface area contributed by atoms with Gasteiger partial charge in [0.25, 0.3) is 0 Å². The van der Waals surface area contributed by atoms with Gasteiger partial charge in [0.1, 0.15) is 17.4 Å². The average Bonchev–Trinajstić information content (AvgIpc) is 3.04. The van der Waals surface area contributed by atoms with Crippen molar-refractivity contribution < 1.29 is 0 Å². The second kappa shape index (κ2) is 4.56. The molecule has 1 unspecified atom stereocenters. The summed E-state index contributed by atoms with van der Waals surface area (Å²) in [5.74, 6) is 1.40. The molecule has 0 spiro atoms. The van der Waals surface area contributed by atoms with Crippen LogP contribution in [0.2, 0.25) is 0 Å². The normalized spacial score (nSPS) is 18.7. The van der Waals surface area contributed by atoms with Gasteiger partial charge in [0.2, 0.25) is 0 Å². The lowest BCUT2D eigenvalue weighted by Gasteiger charge is -2.15. The Morgan fingerprint density at radius 2 is 2.37 bits per heavy atom. The van der Waals surface area contributed by atoms with E-state index in [1.807, 2.05) is 37.3 Å². The molecule has 1 aliphatic heterocycles. The Balaban J connectivity index is 2.26. The molecule has 98 valence electrons. The molecule has 19 heavy (non-hydrogen) atoms. The molecule has 5 nitrogen and oxygen atoms in total. The lowest BCUT2D eigenvalue weighted by Crippen LogP contribution is -2.12. The van der Waals surface area contributed by atoms with E-state index in [1.54, 1.807) is 0 Å². The van der Waals surface area contributed by atoms with Gasteiger partial charge >= 0.3 is 0 Å². The topological polar surface area (TPSA) is 56.4 Å². The third kappa shape index (κ3) is 1.85. The van der Waals surface area contributed by atoms with Crippen molar-refractivity contribution in [2.24, 2.45) is 0 Å². The number of aromatic nitrogens is 2. The standard InChI is InChI=1S/C14H17N5/c1-18(2)12-4-3-7-19-13(12)11(8-15)17-14(19)10-5-6-16-9-10/h3-4,7,10,16H,5-6,9H2,1-2H3. The van der Waals surface area contributed by atoms with E-state index in [0.717, 1.165) is 36.5 Å². The summed E-state index contributed by atoms with van der Waals surface area (Å²) in [6, 6.07) is 6.26. The van der Waals surface area contributed by atoms with Crippen molar-refractivity contribution in [2.75, 3.05) is 32.1 Å². The van der Waals surface area contributed by atoms with Gasteiger partial charge in [-0.15, -0.1) is 0 Å². The van der Waals surface area contributed by atoms with Gasteiger partial charge in [0, 0.05) is 32.8 Å². The fourth-order valence-electron chi connectivity index (χ4n) is 2.75. The van der Waals surface area contributed by atoms with Gasteiger partial charge in [0.05, 0.1) is 5.69 Å². The minimum absolute atomic E-state index is 0.395. The van der Waals surface area contributed by atoms with Crippen LogP contribution in [0.15, 0.2) is 18.3 Å². The van der Waals surface area contributed by atoms with Crippen molar-refractivity contribution >= 4 is 11.2 Å². The number of rotatable bonds is 2. The zero-order valence-corrected chi connectivity index (χ0v) is 11.2. The molecule has 0 amide bonds. The number of nitriles is 1. The highest BCUT2D eigenvalue weighted by molar-refractivity contribution is 5.78. The van der Waals surface area contributed by atoms with E-state index in [4.69, 9.17) is 0 Å². The van der Waals surface area contributed by atoms with Crippen LogP contribution in [0.4, 0.5) is 5.69 Å². The molecule has 3 heterocycles. The molecule has 0 aliphatic carbocycles. The number of imidazole rings is 1. The first-order chi connectivity index (χ1) is 9.22.